The van der Waals surface area contributed by atoms with E-state index in [9.17, 15) is 61.6 Å². The second-order valence-electron chi connectivity index (χ2n) is 4.62. The fourth-order valence-electron chi connectivity index (χ4n) is 1.23. The summed E-state index contributed by atoms with van der Waals surface area (Å²) in [6.45, 7) is -0.551. The smallest absolute Gasteiger partial charge is 0.320 e. The van der Waals surface area contributed by atoms with Gasteiger partial charge in [0.1, 0.15) is 0 Å². The molecule has 2 N–H and O–H groups in total. The second-order valence-corrected chi connectivity index (χ2v) is 6.27. The molecule has 0 fully saturated rings. The maximum atomic E-state index is 13.0. The quantitative estimate of drug-likeness (QED) is 0.470. The minimum Gasteiger partial charge on any atom is -0.320 e. The number of alkyl halides is 13. The summed E-state index contributed by atoms with van der Waals surface area (Å²) in [7, 11) is -7.67. The standard InChI is InChI=1S/C8H6F13O3P/c1-2(9)3(10,11)4(12,13)5(14,15)6(16,17)7(18,19)8(20,21)25(22,23)24/h2H,1H3,(H2,22,23,24). The zero-order chi connectivity index (χ0) is 21.1. The molecule has 3 nitrogen and oxygen atoms in total. The van der Waals surface area contributed by atoms with Gasteiger partial charge < -0.3 is 9.79 Å². The Morgan fingerprint density at radius 1 is 0.680 bits per heavy atom. The topological polar surface area (TPSA) is 57.5 Å². The molecular formula is C8H6F13O3P. The van der Waals surface area contributed by atoms with Gasteiger partial charge in [-0.1, -0.05) is 0 Å². The first-order chi connectivity index (χ1) is 10.4. The monoisotopic (exact) mass is 428 g/mol. The number of halogens is 13. The molecule has 0 aliphatic heterocycles. The lowest BCUT2D eigenvalue weighted by atomic mass is 9.92. The molecule has 0 heterocycles. The number of hydrogen-bond donors (Lipinski definition) is 2. The van der Waals surface area contributed by atoms with Crippen LogP contribution in [0, 0.1) is 0 Å². The van der Waals surface area contributed by atoms with E-state index in [-0.39, 0.29) is 0 Å². The van der Waals surface area contributed by atoms with Gasteiger partial charge >= 0.3 is 42.9 Å². The fraction of sp³-hybridized carbons (Fsp3) is 1.00. The summed E-state index contributed by atoms with van der Waals surface area (Å²) in [4.78, 5) is 15.7. The Morgan fingerprint density at radius 3 is 1.20 bits per heavy atom. The molecule has 0 bridgehead atoms. The van der Waals surface area contributed by atoms with Crippen LogP contribution in [0.4, 0.5) is 57.1 Å². The van der Waals surface area contributed by atoms with Crippen molar-refractivity contribution in [1.82, 2.24) is 0 Å². The molecule has 0 saturated heterocycles. The maximum absolute atomic E-state index is 13.0. The summed E-state index contributed by atoms with van der Waals surface area (Å²) < 4.78 is 177. The lowest BCUT2D eigenvalue weighted by Crippen LogP contribution is -2.71. The van der Waals surface area contributed by atoms with Crippen LogP contribution in [0.25, 0.3) is 0 Å². The van der Waals surface area contributed by atoms with Crippen LogP contribution >= 0.6 is 7.60 Å². The van der Waals surface area contributed by atoms with Gasteiger partial charge in [0.2, 0.25) is 0 Å². The van der Waals surface area contributed by atoms with Crippen LogP contribution in [0.3, 0.4) is 0 Å². The van der Waals surface area contributed by atoms with Crippen LogP contribution < -0.4 is 0 Å². The summed E-state index contributed by atoms with van der Waals surface area (Å²) in [6.07, 6.45) is -4.33. The van der Waals surface area contributed by atoms with Crippen molar-refractivity contribution in [3.8, 4) is 0 Å². The van der Waals surface area contributed by atoms with Gasteiger partial charge in [-0.05, 0) is 6.92 Å². The third-order valence-electron chi connectivity index (χ3n) is 2.84. The maximum Gasteiger partial charge on any atom is 0.413 e. The van der Waals surface area contributed by atoms with E-state index in [1.165, 1.54) is 0 Å². The van der Waals surface area contributed by atoms with Crippen LogP contribution in [-0.4, -0.2) is 51.2 Å². The van der Waals surface area contributed by atoms with E-state index >= 15 is 0 Å². The highest BCUT2D eigenvalue weighted by Gasteiger charge is 2.92. The second kappa shape index (κ2) is 5.87. The third-order valence-corrected chi connectivity index (χ3v) is 3.86. The SMILES string of the molecule is CC(F)C(F)(F)C(F)(F)C(F)(F)C(F)(F)C(F)(F)C(F)(F)P(=O)(O)O. The first kappa shape index (κ1) is 24.2. The molecule has 152 valence electrons. The van der Waals surface area contributed by atoms with Crippen molar-refractivity contribution in [2.24, 2.45) is 0 Å². The van der Waals surface area contributed by atoms with Gasteiger partial charge in [-0.25, -0.2) is 4.39 Å². The lowest BCUT2D eigenvalue weighted by Gasteiger charge is -2.41. The summed E-state index contributed by atoms with van der Waals surface area (Å²) in [5, 5.41) is 0. The molecule has 0 radical (unpaired) electrons. The molecule has 0 aliphatic rings. The van der Waals surface area contributed by atoms with Crippen LogP contribution in [0.2, 0.25) is 0 Å². The predicted molar refractivity (Wildman–Crippen MR) is 52.3 cm³/mol. The van der Waals surface area contributed by atoms with E-state index in [0.717, 1.165) is 0 Å². The average molecular weight is 428 g/mol. The molecule has 0 aliphatic carbocycles. The van der Waals surface area contributed by atoms with Gasteiger partial charge in [-0.2, -0.15) is 52.7 Å². The van der Waals surface area contributed by atoms with Crippen LogP contribution in [0.5, 0.6) is 0 Å². The third kappa shape index (κ3) is 2.99. The van der Waals surface area contributed by atoms with Crippen LogP contribution in [0.15, 0.2) is 0 Å². The van der Waals surface area contributed by atoms with Gasteiger partial charge in [-0.15, -0.1) is 0 Å². The van der Waals surface area contributed by atoms with E-state index in [0.29, 0.717) is 0 Å². The van der Waals surface area contributed by atoms with E-state index in [1.807, 2.05) is 0 Å². The number of rotatable bonds is 7. The Hall–Kier alpha value is -0.760. The molecule has 0 saturated carbocycles. The van der Waals surface area contributed by atoms with Crippen molar-refractivity contribution in [3.05, 3.63) is 0 Å². The molecule has 25 heavy (non-hydrogen) atoms. The summed E-state index contributed by atoms with van der Waals surface area (Å²) in [6, 6.07) is 0. The van der Waals surface area contributed by atoms with Gasteiger partial charge in [0.15, 0.2) is 6.17 Å². The van der Waals surface area contributed by atoms with Crippen molar-refractivity contribution in [2.45, 2.75) is 48.4 Å². The number of hydrogen-bond acceptors (Lipinski definition) is 1. The molecule has 1 atom stereocenters. The molecule has 0 aromatic carbocycles. The van der Waals surface area contributed by atoms with Crippen molar-refractivity contribution in [2.75, 3.05) is 0 Å². The molecule has 0 spiro atoms. The Morgan fingerprint density at radius 2 is 0.960 bits per heavy atom. The van der Waals surface area contributed by atoms with Gasteiger partial charge in [0.05, 0.1) is 0 Å². The van der Waals surface area contributed by atoms with Crippen molar-refractivity contribution in [1.29, 1.82) is 0 Å². The Labute approximate surface area is 128 Å². The molecule has 0 aromatic heterocycles. The van der Waals surface area contributed by atoms with Crippen molar-refractivity contribution >= 4 is 7.60 Å². The summed E-state index contributed by atoms with van der Waals surface area (Å²) >= 11 is 0. The highest BCUT2D eigenvalue weighted by Crippen LogP contribution is 2.68. The van der Waals surface area contributed by atoms with Crippen molar-refractivity contribution in [3.63, 3.8) is 0 Å². The lowest BCUT2D eigenvalue weighted by molar-refractivity contribution is -0.421. The van der Waals surface area contributed by atoms with E-state index < -0.39 is 56.0 Å². The van der Waals surface area contributed by atoms with E-state index in [2.05, 4.69) is 0 Å². The molecular weight excluding hydrogens is 422 g/mol. The van der Waals surface area contributed by atoms with Gasteiger partial charge in [0, 0.05) is 0 Å². The summed E-state index contributed by atoms with van der Waals surface area (Å²) in [5.41, 5.74) is -7.36. The van der Waals surface area contributed by atoms with Gasteiger partial charge in [-0.3, -0.25) is 4.57 Å². The van der Waals surface area contributed by atoms with Crippen LogP contribution in [-0.2, 0) is 4.57 Å². The van der Waals surface area contributed by atoms with E-state index in [4.69, 9.17) is 9.79 Å². The normalized spacial score (nSPS) is 17.6. The zero-order valence-corrected chi connectivity index (χ0v) is 12.1. The molecule has 1 unspecified atom stereocenters. The van der Waals surface area contributed by atoms with Crippen molar-refractivity contribution < 1.29 is 71.4 Å². The van der Waals surface area contributed by atoms with Gasteiger partial charge in [0.25, 0.3) is 0 Å². The minimum absolute atomic E-state index is 0.551. The largest absolute Gasteiger partial charge is 0.413 e. The molecule has 0 rings (SSSR count). The predicted octanol–water partition coefficient (Wildman–Crippen LogP) is 4.29. The molecule has 0 amide bonds. The Kier molecular flexibility index (Phi) is 5.69. The van der Waals surface area contributed by atoms with E-state index in [1.54, 1.807) is 0 Å². The van der Waals surface area contributed by atoms with Crippen LogP contribution in [0.1, 0.15) is 6.92 Å². The average Bonchev–Trinajstić information content (AvgIpc) is 2.35. The summed E-state index contributed by atoms with van der Waals surface area (Å²) in [5.74, 6) is -38.6. The zero-order valence-electron chi connectivity index (χ0n) is 11.2. The first-order valence-corrected chi connectivity index (χ1v) is 7.02. The highest BCUT2D eigenvalue weighted by atomic mass is 31.2. The first-order valence-electron chi connectivity index (χ1n) is 5.41. The highest BCUT2D eigenvalue weighted by molar-refractivity contribution is 7.53. The minimum atomic E-state index is -8.15. The fourth-order valence-corrected chi connectivity index (χ4v) is 1.73. The Bertz CT molecular complexity index is 551. The Balaban J connectivity index is 6.55. The molecule has 0 aromatic rings. The molecule has 17 heteroatoms.